The molecule has 1 aromatic rings. The summed E-state index contributed by atoms with van der Waals surface area (Å²) in [6, 6.07) is 6.09. The Morgan fingerprint density at radius 2 is 1.96 bits per heavy atom. The molecule has 132 valence electrons. The van der Waals surface area contributed by atoms with E-state index in [9.17, 15) is 9.59 Å². The summed E-state index contributed by atoms with van der Waals surface area (Å²) in [6.07, 6.45) is 2.69. The van der Waals surface area contributed by atoms with Gasteiger partial charge in [-0.15, -0.1) is 0 Å². The van der Waals surface area contributed by atoms with Gasteiger partial charge in [-0.25, -0.2) is 0 Å². The molecule has 1 aromatic carbocycles. The van der Waals surface area contributed by atoms with Crippen LogP contribution in [0.1, 0.15) is 44.2 Å². The molecule has 0 bridgehead atoms. The van der Waals surface area contributed by atoms with E-state index in [2.05, 4.69) is 50.2 Å². The Kier molecular flexibility index (Phi) is 4.19. The highest BCUT2D eigenvalue weighted by Crippen LogP contribution is 2.42. The number of nitrogens with one attached hydrogen (secondary N) is 1. The van der Waals surface area contributed by atoms with E-state index in [0.29, 0.717) is 5.92 Å². The normalized spacial score (nSPS) is 24.4. The number of fused-ring (bicyclic) bond motifs is 1. The van der Waals surface area contributed by atoms with E-state index in [1.807, 2.05) is 6.07 Å². The summed E-state index contributed by atoms with van der Waals surface area (Å²) in [5.74, 6) is -0.416. The Labute approximate surface area is 153 Å². The number of hydrogen-bond acceptors (Lipinski definition) is 4. The Morgan fingerprint density at radius 1 is 1.28 bits per heavy atom. The van der Waals surface area contributed by atoms with Gasteiger partial charge in [0.1, 0.15) is 5.57 Å². The second-order valence-corrected chi connectivity index (χ2v) is 7.86. The van der Waals surface area contributed by atoms with E-state index >= 15 is 0 Å². The summed E-state index contributed by atoms with van der Waals surface area (Å²) < 4.78 is 0. The predicted octanol–water partition coefficient (Wildman–Crippen LogP) is 2.67. The molecule has 0 radical (unpaired) electrons. The van der Waals surface area contributed by atoms with Crippen LogP contribution in [0.4, 0.5) is 5.69 Å². The Hall–Kier alpha value is -2.21. The van der Waals surface area contributed by atoms with Gasteiger partial charge >= 0.3 is 0 Å². The highest BCUT2D eigenvalue weighted by molar-refractivity contribution is 7.80. The number of hydrogen-bond donors (Lipinski definition) is 1. The number of anilines is 1. The lowest BCUT2D eigenvalue weighted by molar-refractivity contribution is -0.128. The summed E-state index contributed by atoms with van der Waals surface area (Å²) in [4.78, 5) is 28.0. The van der Waals surface area contributed by atoms with Crippen molar-refractivity contribution in [3.63, 3.8) is 0 Å². The minimum atomic E-state index is -0.447. The predicted molar refractivity (Wildman–Crippen MR) is 103 cm³/mol. The minimum absolute atomic E-state index is 0.101. The van der Waals surface area contributed by atoms with Crippen LogP contribution in [0.2, 0.25) is 0 Å². The van der Waals surface area contributed by atoms with E-state index < -0.39 is 5.91 Å². The largest absolute Gasteiger partial charge is 0.369 e. The van der Waals surface area contributed by atoms with Crippen LogP contribution in [-0.2, 0) is 9.59 Å². The maximum Gasteiger partial charge on any atom is 0.265 e. The Bertz CT molecular complexity index is 813. The van der Waals surface area contributed by atoms with Crippen LogP contribution in [0.15, 0.2) is 23.8 Å². The summed E-state index contributed by atoms with van der Waals surface area (Å²) >= 11 is 4.97. The van der Waals surface area contributed by atoms with Crippen molar-refractivity contribution in [3.8, 4) is 0 Å². The lowest BCUT2D eigenvalue weighted by atomic mass is 9.80. The lowest BCUT2D eigenvalue weighted by Gasteiger charge is -2.45. The van der Waals surface area contributed by atoms with Gasteiger partial charge in [0.2, 0.25) is 0 Å². The first-order valence-electron chi connectivity index (χ1n) is 8.34. The molecule has 3 rings (SSSR count). The van der Waals surface area contributed by atoms with Gasteiger partial charge in [-0.05, 0) is 67.7 Å². The topological polar surface area (TPSA) is 52.7 Å². The van der Waals surface area contributed by atoms with Gasteiger partial charge in [-0.3, -0.25) is 19.8 Å². The van der Waals surface area contributed by atoms with Crippen LogP contribution in [-0.4, -0.2) is 41.5 Å². The average molecular weight is 357 g/mol. The summed E-state index contributed by atoms with van der Waals surface area (Å²) in [5.41, 5.74) is 3.49. The van der Waals surface area contributed by atoms with E-state index in [0.717, 1.165) is 12.0 Å². The van der Waals surface area contributed by atoms with Crippen molar-refractivity contribution in [2.45, 2.75) is 38.6 Å². The van der Waals surface area contributed by atoms with Gasteiger partial charge in [-0.2, -0.15) is 0 Å². The number of carbonyl (C=O) groups is 2. The summed E-state index contributed by atoms with van der Waals surface area (Å²) in [6.45, 7) is 6.70. The third-order valence-corrected chi connectivity index (χ3v) is 5.65. The molecule has 1 saturated heterocycles. The fraction of sp³-hybridized carbons (Fsp3) is 0.421. The van der Waals surface area contributed by atoms with Gasteiger partial charge in [0.05, 0.1) is 0 Å². The number of nitrogens with zero attached hydrogens (tertiary/aromatic N) is 2. The van der Waals surface area contributed by atoms with Crippen LogP contribution in [0.3, 0.4) is 0 Å². The van der Waals surface area contributed by atoms with E-state index in [4.69, 9.17) is 12.2 Å². The third-order valence-electron chi connectivity index (χ3n) is 5.27. The molecule has 5 nitrogen and oxygen atoms in total. The van der Waals surface area contributed by atoms with Gasteiger partial charge in [0.15, 0.2) is 5.11 Å². The minimum Gasteiger partial charge on any atom is -0.369 e. The standard InChI is InChI=1S/C19H23N3O2S/c1-11-10-19(2,3)22(5)15-7-6-12(8-13(11)15)9-14-16(23)20-18(25)21(4)17(14)24/h6-9,11H,10H2,1-5H3,(H,20,23,25)/b14-9-. The maximum absolute atomic E-state index is 12.3. The molecule has 2 aliphatic rings. The molecule has 2 amide bonds. The van der Waals surface area contributed by atoms with Crippen molar-refractivity contribution in [1.82, 2.24) is 10.2 Å². The molecule has 0 saturated carbocycles. The molecule has 2 heterocycles. The molecule has 1 unspecified atom stereocenters. The van der Waals surface area contributed by atoms with Crippen molar-refractivity contribution in [2.24, 2.45) is 0 Å². The number of benzene rings is 1. The molecule has 1 atom stereocenters. The smallest absolute Gasteiger partial charge is 0.265 e. The number of likely N-dealkylation sites (N-methyl/N-ethyl adjacent to an activating group) is 1. The number of rotatable bonds is 1. The van der Waals surface area contributed by atoms with Crippen molar-refractivity contribution in [3.05, 3.63) is 34.9 Å². The molecule has 0 aromatic heterocycles. The molecular weight excluding hydrogens is 334 g/mol. The van der Waals surface area contributed by atoms with Crippen LogP contribution in [0.5, 0.6) is 0 Å². The van der Waals surface area contributed by atoms with Gasteiger partial charge in [0.25, 0.3) is 11.8 Å². The van der Waals surface area contributed by atoms with Gasteiger partial charge in [0, 0.05) is 25.3 Å². The number of carbonyl (C=O) groups excluding carboxylic acids is 2. The SMILES string of the molecule is CC1CC(C)(C)N(C)c2ccc(/C=C3/C(=O)NC(=S)N(C)C3=O)cc21. The molecule has 6 heteroatoms. The molecule has 1 fully saturated rings. The Balaban J connectivity index is 2.01. The van der Waals surface area contributed by atoms with E-state index in [-0.39, 0.29) is 22.1 Å². The second-order valence-electron chi connectivity index (χ2n) is 7.48. The molecule has 1 N–H and O–H groups in total. The van der Waals surface area contributed by atoms with Crippen LogP contribution >= 0.6 is 12.2 Å². The van der Waals surface area contributed by atoms with Crippen molar-refractivity contribution in [1.29, 1.82) is 0 Å². The Morgan fingerprint density at radius 3 is 2.64 bits per heavy atom. The fourth-order valence-electron chi connectivity index (χ4n) is 3.60. The van der Waals surface area contributed by atoms with Crippen LogP contribution < -0.4 is 10.2 Å². The monoisotopic (exact) mass is 357 g/mol. The first-order valence-corrected chi connectivity index (χ1v) is 8.75. The molecule has 2 aliphatic heterocycles. The maximum atomic E-state index is 12.3. The quantitative estimate of drug-likeness (QED) is 0.477. The van der Waals surface area contributed by atoms with Gasteiger partial charge < -0.3 is 4.90 Å². The highest BCUT2D eigenvalue weighted by Gasteiger charge is 2.34. The number of thiocarbonyl (C=S) groups is 1. The zero-order valence-electron chi connectivity index (χ0n) is 15.2. The zero-order chi connectivity index (χ0) is 18.5. The lowest BCUT2D eigenvalue weighted by Crippen LogP contribution is -2.52. The molecule has 0 spiro atoms. The van der Waals surface area contributed by atoms with Crippen molar-refractivity contribution in [2.75, 3.05) is 19.0 Å². The molecular formula is C19H23N3O2S. The van der Waals surface area contributed by atoms with Crippen LogP contribution in [0.25, 0.3) is 6.08 Å². The average Bonchev–Trinajstić information content (AvgIpc) is 2.54. The summed E-state index contributed by atoms with van der Waals surface area (Å²) in [7, 11) is 3.67. The first-order chi connectivity index (χ1) is 11.6. The number of amides is 2. The van der Waals surface area contributed by atoms with Gasteiger partial charge in [-0.1, -0.05) is 13.0 Å². The van der Waals surface area contributed by atoms with Crippen molar-refractivity contribution >= 4 is 40.9 Å². The highest BCUT2D eigenvalue weighted by atomic mass is 32.1. The van der Waals surface area contributed by atoms with Crippen molar-refractivity contribution < 1.29 is 9.59 Å². The van der Waals surface area contributed by atoms with Crippen LogP contribution in [0, 0.1) is 0 Å². The third kappa shape index (κ3) is 2.95. The summed E-state index contributed by atoms with van der Waals surface area (Å²) in [5, 5.41) is 2.67. The van der Waals surface area contributed by atoms with E-state index in [1.54, 1.807) is 13.1 Å². The van der Waals surface area contributed by atoms with E-state index in [1.165, 1.54) is 16.2 Å². The zero-order valence-corrected chi connectivity index (χ0v) is 16.0. The molecule has 0 aliphatic carbocycles. The molecule has 25 heavy (non-hydrogen) atoms. The second kappa shape index (κ2) is 5.95. The first kappa shape index (κ1) is 17.6. The fourth-order valence-corrected chi connectivity index (χ4v) is 3.77.